The lowest BCUT2D eigenvalue weighted by molar-refractivity contribution is -0.151. The molecule has 0 aromatic rings. The molecular formula is C26H40N4O6. The van der Waals surface area contributed by atoms with Gasteiger partial charge in [-0.3, -0.25) is 19.3 Å². The van der Waals surface area contributed by atoms with Gasteiger partial charge in [0.2, 0.25) is 17.7 Å². The van der Waals surface area contributed by atoms with E-state index in [2.05, 4.69) is 18.1 Å². The van der Waals surface area contributed by atoms with Crippen LogP contribution in [0.2, 0.25) is 0 Å². The molecule has 4 saturated heterocycles. The minimum Gasteiger partial charge on any atom is -0.394 e. The third kappa shape index (κ3) is 4.49. The Morgan fingerprint density at radius 3 is 2.56 bits per heavy atom. The Hall–Kier alpha value is -2.27. The van der Waals surface area contributed by atoms with Crippen molar-refractivity contribution < 1.29 is 29.0 Å². The molecule has 4 heterocycles. The van der Waals surface area contributed by atoms with Gasteiger partial charge in [0.1, 0.15) is 11.6 Å². The number of rotatable bonds is 11. The van der Waals surface area contributed by atoms with Gasteiger partial charge in [-0.1, -0.05) is 12.2 Å². The van der Waals surface area contributed by atoms with E-state index >= 15 is 0 Å². The molecule has 4 aliphatic rings. The molecule has 4 rings (SSSR count). The van der Waals surface area contributed by atoms with E-state index in [-0.39, 0.29) is 24.3 Å². The number of nitrogens with zero attached hydrogens (tertiary/aromatic N) is 4. The fourth-order valence-corrected chi connectivity index (χ4v) is 6.46. The molecule has 3 amide bonds. The third-order valence-electron chi connectivity index (χ3n) is 8.23. The van der Waals surface area contributed by atoms with E-state index in [1.54, 1.807) is 35.9 Å². The van der Waals surface area contributed by atoms with Crippen LogP contribution in [0.25, 0.3) is 0 Å². The Balaban J connectivity index is 1.64. The predicted molar refractivity (Wildman–Crippen MR) is 133 cm³/mol. The molecule has 200 valence electrons. The van der Waals surface area contributed by atoms with Crippen molar-refractivity contribution in [3.05, 3.63) is 25.3 Å². The van der Waals surface area contributed by atoms with Crippen molar-refractivity contribution in [2.24, 2.45) is 11.8 Å². The van der Waals surface area contributed by atoms with Gasteiger partial charge in [-0.15, -0.1) is 13.2 Å². The van der Waals surface area contributed by atoms with Crippen molar-refractivity contribution in [1.82, 2.24) is 19.6 Å². The number of likely N-dealkylation sites (N-methyl/N-ethyl adjacent to an activating group) is 1. The lowest BCUT2D eigenvalue weighted by atomic mass is 9.70. The largest absolute Gasteiger partial charge is 0.394 e. The van der Waals surface area contributed by atoms with Gasteiger partial charge in [-0.05, 0) is 19.8 Å². The smallest absolute Gasteiger partial charge is 0.248 e. The molecule has 10 nitrogen and oxygen atoms in total. The molecule has 36 heavy (non-hydrogen) atoms. The normalized spacial score (nSPS) is 32.3. The summed E-state index contributed by atoms with van der Waals surface area (Å²) in [6.45, 7) is 13.8. The van der Waals surface area contributed by atoms with E-state index in [9.17, 15) is 19.5 Å². The zero-order valence-corrected chi connectivity index (χ0v) is 21.5. The molecule has 0 radical (unpaired) electrons. The Morgan fingerprint density at radius 1 is 1.22 bits per heavy atom. The van der Waals surface area contributed by atoms with Crippen LogP contribution in [0.15, 0.2) is 25.3 Å². The van der Waals surface area contributed by atoms with E-state index in [4.69, 9.17) is 9.47 Å². The van der Waals surface area contributed by atoms with Crippen LogP contribution in [-0.2, 0) is 23.9 Å². The topological polar surface area (TPSA) is 103 Å². The first-order valence-corrected chi connectivity index (χ1v) is 13.0. The second-order valence-corrected chi connectivity index (χ2v) is 10.4. The van der Waals surface area contributed by atoms with Gasteiger partial charge < -0.3 is 29.3 Å². The number of aliphatic hydroxyl groups is 1. The highest BCUT2D eigenvalue weighted by atomic mass is 16.5. The van der Waals surface area contributed by atoms with Crippen molar-refractivity contribution in [1.29, 1.82) is 0 Å². The van der Waals surface area contributed by atoms with Gasteiger partial charge in [0.15, 0.2) is 0 Å². The first-order chi connectivity index (χ1) is 17.3. The van der Waals surface area contributed by atoms with Crippen molar-refractivity contribution in [2.45, 2.75) is 43.6 Å². The lowest BCUT2D eigenvalue weighted by Gasteiger charge is -2.39. The fraction of sp³-hybridized carbons (Fsp3) is 0.731. The second kappa shape index (κ2) is 11.0. The lowest BCUT2D eigenvalue weighted by Crippen LogP contribution is -2.59. The standard InChI is InChI=1S/C26H40N4O6/c1-5-9-27(4)23(32)20-19-7-8-26(36-19)21(20)24(33)30(18(3)17-31)22(26)25(34)29(10-6-2)12-11-28-13-15-35-16-14-28/h5-6,18-22,31H,1-2,7-17H2,3-4H3/t18-,19-,20+,21+,22?,26?/m1/s1. The highest BCUT2D eigenvalue weighted by Gasteiger charge is 2.75. The number of carbonyl (C=O) groups excluding carboxylic acids is 3. The number of morpholine rings is 1. The van der Waals surface area contributed by atoms with E-state index < -0.39 is 35.6 Å². The Labute approximate surface area is 213 Å². The molecule has 2 bridgehead atoms. The zero-order valence-electron chi connectivity index (χ0n) is 21.5. The summed E-state index contributed by atoms with van der Waals surface area (Å²) in [5, 5.41) is 10.0. The molecule has 0 aromatic carbocycles. The maximum absolute atomic E-state index is 14.2. The van der Waals surface area contributed by atoms with Crippen molar-refractivity contribution in [2.75, 3.05) is 66.1 Å². The molecular weight excluding hydrogens is 464 g/mol. The first-order valence-electron chi connectivity index (χ1n) is 13.0. The van der Waals surface area contributed by atoms with E-state index in [1.165, 1.54) is 4.90 Å². The monoisotopic (exact) mass is 504 g/mol. The highest BCUT2D eigenvalue weighted by molar-refractivity contribution is 5.99. The minimum absolute atomic E-state index is 0.167. The number of likely N-dealkylation sites (tertiary alicyclic amines) is 1. The number of fused-ring (bicyclic) bond motifs is 1. The molecule has 1 spiro atoms. The van der Waals surface area contributed by atoms with Gasteiger partial charge in [0.05, 0.1) is 43.8 Å². The molecule has 4 aliphatic heterocycles. The van der Waals surface area contributed by atoms with Crippen LogP contribution < -0.4 is 0 Å². The molecule has 2 unspecified atom stereocenters. The van der Waals surface area contributed by atoms with Crippen molar-refractivity contribution in [3.63, 3.8) is 0 Å². The van der Waals surface area contributed by atoms with Crippen LogP contribution in [0, 0.1) is 11.8 Å². The summed E-state index contributed by atoms with van der Waals surface area (Å²) in [6, 6.07) is -1.48. The van der Waals surface area contributed by atoms with E-state index in [1.807, 2.05) is 0 Å². The van der Waals surface area contributed by atoms with Gasteiger partial charge in [0.25, 0.3) is 0 Å². The number of carbonyl (C=O) groups is 3. The van der Waals surface area contributed by atoms with Crippen molar-refractivity contribution in [3.8, 4) is 0 Å². The summed E-state index contributed by atoms with van der Waals surface area (Å²) >= 11 is 0. The summed E-state index contributed by atoms with van der Waals surface area (Å²) in [5.41, 5.74) is -1.07. The molecule has 0 aliphatic carbocycles. The van der Waals surface area contributed by atoms with E-state index in [0.29, 0.717) is 52.2 Å². The summed E-state index contributed by atoms with van der Waals surface area (Å²) in [7, 11) is 1.69. The van der Waals surface area contributed by atoms with Crippen LogP contribution in [0.3, 0.4) is 0 Å². The number of hydrogen-bond donors (Lipinski definition) is 1. The molecule has 6 atom stereocenters. The highest BCUT2D eigenvalue weighted by Crippen LogP contribution is 2.59. The fourth-order valence-electron chi connectivity index (χ4n) is 6.46. The van der Waals surface area contributed by atoms with Crippen LogP contribution in [0.5, 0.6) is 0 Å². The van der Waals surface area contributed by atoms with Crippen LogP contribution >= 0.6 is 0 Å². The summed E-state index contributed by atoms with van der Waals surface area (Å²) in [4.78, 5) is 48.5. The number of ether oxygens (including phenoxy) is 2. The SMILES string of the molecule is C=CCN(C)C(=O)[C@@H]1[C@H]2C(=O)N([C@H](C)CO)C(C(=O)N(CC=C)CCN3CCOCC3)C23CC[C@H]1O3. The maximum atomic E-state index is 14.2. The number of aliphatic hydroxyl groups excluding tert-OH is 1. The van der Waals surface area contributed by atoms with Crippen LogP contribution in [-0.4, -0.2) is 132 Å². The van der Waals surface area contributed by atoms with Crippen LogP contribution in [0.1, 0.15) is 19.8 Å². The minimum atomic E-state index is -1.07. The van der Waals surface area contributed by atoms with Crippen LogP contribution in [0.4, 0.5) is 0 Å². The quantitative estimate of drug-likeness (QED) is 0.387. The average molecular weight is 505 g/mol. The maximum Gasteiger partial charge on any atom is 0.248 e. The number of hydrogen-bond acceptors (Lipinski definition) is 7. The van der Waals surface area contributed by atoms with Gasteiger partial charge in [-0.2, -0.15) is 0 Å². The zero-order chi connectivity index (χ0) is 26.0. The Morgan fingerprint density at radius 2 is 1.92 bits per heavy atom. The van der Waals surface area contributed by atoms with Gasteiger partial charge in [0, 0.05) is 46.3 Å². The molecule has 1 N–H and O–H groups in total. The Bertz CT molecular complexity index is 876. The second-order valence-electron chi connectivity index (χ2n) is 10.4. The predicted octanol–water partition coefficient (Wildman–Crippen LogP) is -0.267. The van der Waals surface area contributed by atoms with E-state index in [0.717, 1.165) is 13.1 Å². The van der Waals surface area contributed by atoms with Gasteiger partial charge >= 0.3 is 0 Å². The summed E-state index contributed by atoms with van der Waals surface area (Å²) < 4.78 is 11.9. The average Bonchev–Trinajstić information content (AvgIpc) is 3.53. The summed E-state index contributed by atoms with van der Waals surface area (Å²) in [6.07, 6.45) is 4.07. The third-order valence-corrected chi connectivity index (χ3v) is 8.23. The molecule has 10 heteroatoms. The molecule has 0 saturated carbocycles. The molecule has 0 aromatic heterocycles. The van der Waals surface area contributed by atoms with Crippen molar-refractivity contribution >= 4 is 17.7 Å². The summed E-state index contributed by atoms with van der Waals surface area (Å²) in [5.74, 6) is -2.06. The number of amides is 3. The first kappa shape index (κ1) is 26.8. The molecule has 4 fully saturated rings. The van der Waals surface area contributed by atoms with Gasteiger partial charge in [-0.25, -0.2) is 0 Å². The Kier molecular flexibility index (Phi) is 8.18.